The molecular formula is C21H26N2O3S. The van der Waals surface area contributed by atoms with E-state index in [4.69, 9.17) is 4.74 Å². The molecule has 2 aromatic rings. The zero-order valence-corrected chi connectivity index (χ0v) is 16.7. The lowest BCUT2D eigenvalue weighted by Gasteiger charge is -2.29. The van der Waals surface area contributed by atoms with Gasteiger partial charge < -0.3 is 9.64 Å². The summed E-state index contributed by atoms with van der Waals surface area (Å²) in [5.74, 6) is 0.382. The Morgan fingerprint density at radius 2 is 1.67 bits per heavy atom. The molecule has 0 saturated carbocycles. The van der Waals surface area contributed by atoms with E-state index in [1.165, 1.54) is 0 Å². The predicted molar refractivity (Wildman–Crippen MR) is 108 cm³/mol. The second-order valence-electron chi connectivity index (χ2n) is 7.46. The SMILES string of the molecule is CC(C)c1ccc(S(=O)(=O)N2CCc3cc(N4CCOCC4)ccc32)cc1. The van der Waals surface area contributed by atoms with E-state index in [1.807, 2.05) is 24.3 Å². The minimum absolute atomic E-state index is 0.358. The van der Waals surface area contributed by atoms with Crippen molar-refractivity contribution in [3.8, 4) is 0 Å². The Morgan fingerprint density at radius 1 is 0.963 bits per heavy atom. The molecule has 0 atom stereocenters. The van der Waals surface area contributed by atoms with Gasteiger partial charge in [0.1, 0.15) is 0 Å². The molecule has 0 aliphatic carbocycles. The highest BCUT2D eigenvalue weighted by Crippen LogP contribution is 2.35. The second kappa shape index (κ2) is 7.17. The number of rotatable bonds is 4. The van der Waals surface area contributed by atoms with Crippen LogP contribution in [0, 0.1) is 0 Å². The molecule has 2 aliphatic rings. The predicted octanol–water partition coefficient (Wildman–Crippen LogP) is 3.40. The number of morpholine rings is 1. The van der Waals surface area contributed by atoms with E-state index in [0.717, 1.165) is 55.2 Å². The van der Waals surface area contributed by atoms with Crippen LogP contribution in [0.1, 0.15) is 30.9 Å². The van der Waals surface area contributed by atoms with Crippen LogP contribution in [0.2, 0.25) is 0 Å². The average molecular weight is 387 g/mol. The van der Waals surface area contributed by atoms with Crippen LogP contribution in [0.3, 0.4) is 0 Å². The Morgan fingerprint density at radius 3 is 2.33 bits per heavy atom. The maximum atomic E-state index is 13.2. The van der Waals surface area contributed by atoms with Crippen molar-refractivity contribution < 1.29 is 13.2 Å². The van der Waals surface area contributed by atoms with Gasteiger partial charge in [0.15, 0.2) is 0 Å². The molecule has 0 bridgehead atoms. The Labute approximate surface area is 161 Å². The normalized spacial score (nSPS) is 17.4. The lowest BCUT2D eigenvalue weighted by atomic mass is 10.0. The minimum atomic E-state index is -3.53. The molecule has 0 N–H and O–H groups in total. The van der Waals surface area contributed by atoms with Crippen LogP contribution in [0.25, 0.3) is 0 Å². The number of sulfonamides is 1. The van der Waals surface area contributed by atoms with Gasteiger partial charge in [-0.3, -0.25) is 4.31 Å². The van der Waals surface area contributed by atoms with Gasteiger partial charge in [-0.05, 0) is 53.8 Å². The number of benzene rings is 2. The molecule has 0 spiro atoms. The highest BCUT2D eigenvalue weighted by molar-refractivity contribution is 7.92. The molecule has 2 aromatic carbocycles. The van der Waals surface area contributed by atoms with Crippen molar-refractivity contribution in [2.45, 2.75) is 31.1 Å². The maximum absolute atomic E-state index is 13.2. The van der Waals surface area contributed by atoms with Gasteiger partial charge >= 0.3 is 0 Å². The first-order chi connectivity index (χ1) is 13.0. The topological polar surface area (TPSA) is 49.9 Å². The largest absolute Gasteiger partial charge is 0.378 e. The van der Waals surface area contributed by atoms with Gasteiger partial charge in [0.25, 0.3) is 10.0 Å². The van der Waals surface area contributed by atoms with E-state index < -0.39 is 10.0 Å². The molecule has 0 radical (unpaired) electrons. The Balaban J connectivity index is 1.61. The molecule has 1 fully saturated rings. The summed E-state index contributed by atoms with van der Waals surface area (Å²) in [7, 11) is -3.53. The molecule has 2 aliphatic heterocycles. The smallest absolute Gasteiger partial charge is 0.264 e. The molecule has 1 saturated heterocycles. The number of ether oxygens (including phenoxy) is 1. The van der Waals surface area contributed by atoms with Crippen LogP contribution in [0.5, 0.6) is 0 Å². The Bertz CT molecular complexity index is 917. The quantitative estimate of drug-likeness (QED) is 0.808. The van der Waals surface area contributed by atoms with Crippen molar-refractivity contribution in [3.63, 3.8) is 0 Å². The van der Waals surface area contributed by atoms with E-state index in [9.17, 15) is 8.42 Å². The summed E-state index contributed by atoms with van der Waals surface area (Å²) in [6, 6.07) is 13.4. The molecule has 0 aromatic heterocycles. The first-order valence-corrected chi connectivity index (χ1v) is 11.0. The zero-order chi connectivity index (χ0) is 19.0. The third kappa shape index (κ3) is 3.44. The first-order valence-electron chi connectivity index (χ1n) is 9.55. The molecule has 0 unspecified atom stereocenters. The standard InChI is InChI=1S/C21H26N2O3S/c1-16(2)17-3-6-20(7-4-17)27(24,25)23-10-9-18-15-19(5-8-21(18)23)22-11-13-26-14-12-22/h3-8,15-16H,9-14H2,1-2H3. The van der Waals surface area contributed by atoms with Gasteiger partial charge in [-0.1, -0.05) is 26.0 Å². The highest BCUT2D eigenvalue weighted by Gasteiger charge is 2.31. The van der Waals surface area contributed by atoms with Crippen molar-refractivity contribution >= 4 is 21.4 Å². The fourth-order valence-corrected chi connectivity index (χ4v) is 5.28. The van der Waals surface area contributed by atoms with Gasteiger partial charge in [0, 0.05) is 25.3 Å². The summed E-state index contributed by atoms with van der Waals surface area (Å²) < 4.78 is 33.3. The summed E-state index contributed by atoms with van der Waals surface area (Å²) in [4.78, 5) is 2.66. The van der Waals surface area contributed by atoms with Gasteiger partial charge in [0.2, 0.25) is 0 Å². The fourth-order valence-electron chi connectivity index (χ4n) is 3.78. The molecule has 4 rings (SSSR count). The molecule has 144 valence electrons. The molecule has 0 amide bonds. The van der Waals surface area contributed by atoms with E-state index in [-0.39, 0.29) is 0 Å². The fraction of sp³-hybridized carbons (Fsp3) is 0.429. The van der Waals surface area contributed by atoms with E-state index >= 15 is 0 Å². The number of anilines is 2. The van der Waals surface area contributed by atoms with Crippen LogP contribution in [0.15, 0.2) is 47.4 Å². The number of nitrogens with zero attached hydrogens (tertiary/aromatic N) is 2. The van der Waals surface area contributed by atoms with Crippen LogP contribution in [0.4, 0.5) is 11.4 Å². The van der Waals surface area contributed by atoms with Gasteiger partial charge in [-0.25, -0.2) is 8.42 Å². The molecule has 6 heteroatoms. The first kappa shape index (κ1) is 18.3. The van der Waals surface area contributed by atoms with E-state index in [1.54, 1.807) is 16.4 Å². The highest BCUT2D eigenvalue weighted by atomic mass is 32.2. The van der Waals surface area contributed by atoms with Crippen molar-refractivity contribution in [1.82, 2.24) is 0 Å². The summed E-state index contributed by atoms with van der Waals surface area (Å²) in [5.41, 5.74) is 4.20. The number of fused-ring (bicyclic) bond motifs is 1. The van der Waals surface area contributed by atoms with Crippen LogP contribution < -0.4 is 9.21 Å². The van der Waals surface area contributed by atoms with E-state index in [0.29, 0.717) is 17.4 Å². The Hall–Kier alpha value is -2.05. The van der Waals surface area contributed by atoms with Gasteiger partial charge in [0.05, 0.1) is 23.8 Å². The summed E-state index contributed by atoms with van der Waals surface area (Å²) in [6.45, 7) is 7.94. The maximum Gasteiger partial charge on any atom is 0.264 e. The average Bonchev–Trinajstić information content (AvgIpc) is 3.13. The lowest BCUT2D eigenvalue weighted by Crippen LogP contribution is -2.36. The molecule has 27 heavy (non-hydrogen) atoms. The monoisotopic (exact) mass is 386 g/mol. The lowest BCUT2D eigenvalue weighted by molar-refractivity contribution is 0.122. The van der Waals surface area contributed by atoms with Gasteiger partial charge in [-0.15, -0.1) is 0 Å². The third-order valence-electron chi connectivity index (χ3n) is 5.43. The van der Waals surface area contributed by atoms with Crippen molar-refractivity contribution in [3.05, 3.63) is 53.6 Å². The minimum Gasteiger partial charge on any atom is -0.378 e. The number of hydrogen-bond donors (Lipinski definition) is 0. The molecular weight excluding hydrogens is 360 g/mol. The van der Waals surface area contributed by atoms with E-state index in [2.05, 4.69) is 24.8 Å². The molecule has 2 heterocycles. The van der Waals surface area contributed by atoms with Gasteiger partial charge in [-0.2, -0.15) is 0 Å². The van der Waals surface area contributed by atoms with Crippen molar-refractivity contribution in [2.75, 3.05) is 42.1 Å². The van der Waals surface area contributed by atoms with Crippen molar-refractivity contribution in [1.29, 1.82) is 0 Å². The summed E-state index contributed by atoms with van der Waals surface area (Å²) in [6.07, 6.45) is 0.747. The second-order valence-corrected chi connectivity index (χ2v) is 9.33. The molecule has 5 nitrogen and oxygen atoms in total. The third-order valence-corrected chi connectivity index (χ3v) is 7.25. The van der Waals surface area contributed by atoms with Crippen molar-refractivity contribution in [2.24, 2.45) is 0 Å². The van der Waals surface area contributed by atoms with Crippen LogP contribution >= 0.6 is 0 Å². The van der Waals surface area contributed by atoms with Crippen LogP contribution in [-0.2, 0) is 21.2 Å². The summed E-state index contributed by atoms with van der Waals surface area (Å²) in [5, 5.41) is 0. The Kier molecular flexibility index (Phi) is 4.86. The van der Waals surface area contributed by atoms with Crippen LogP contribution in [-0.4, -0.2) is 41.3 Å². The summed E-state index contributed by atoms with van der Waals surface area (Å²) >= 11 is 0. The zero-order valence-electron chi connectivity index (χ0n) is 15.9. The number of hydrogen-bond acceptors (Lipinski definition) is 4.